The molecule has 0 spiro atoms. The summed E-state index contributed by atoms with van der Waals surface area (Å²) in [6.07, 6.45) is 0.925. The van der Waals surface area contributed by atoms with Crippen molar-refractivity contribution in [2.75, 3.05) is 18.4 Å². The molecule has 0 aliphatic rings. The van der Waals surface area contributed by atoms with E-state index in [-0.39, 0.29) is 11.1 Å². The SMILES string of the molecule is CCN(CCCBr)C(=O)c1ccc(Cl)o1. The molecule has 0 unspecified atom stereocenters. The second-order valence-corrected chi connectivity index (χ2v) is 4.20. The molecule has 3 nitrogen and oxygen atoms in total. The minimum atomic E-state index is -0.106. The normalized spacial score (nSPS) is 10.3. The van der Waals surface area contributed by atoms with Crippen molar-refractivity contribution < 1.29 is 9.21 Å². The third-order valence-electron chi connectivity index (χ3n) is 2.01. The standard InChI is InChI=1S/C10H13BrClNO2/c1-2-13(7-3-6-11)10(14)8-4-5-9(12)15-8/h4-5H,2-3,6-7H2,1H3. The lowest BCUT2D eigenvalue weighted by atomic mass is 10.3. The average molecular weight is 295 g/mol. The van der Waals surface area contributed by atoms with Crippen LogP contribution in [0.2, 0.25) is 5.22 Å². The Balaban J connectivity index is 2.64. The van der Waals surface area contributed by atoms with Gasteiger partial charge in [0.1, 0.15) is 0 Å². The highest BCUT2D eigenvalue weighted by atomic mass is 79.9. The van der Waals surface area contributed by atoms with Crippen molar-refractivity contribution >= 4 is 33.4 Å². The number of carbonyl (C=O) groups is 1. The summed E-state index contributed by atoms with van der Waals surface area (Å²) in [4.78, 5) is 13.6. The van der Waals surface area contributed by atoms with Crippen LogP contribution in [0.15, 0.2) is 16.5 Å². The van der Waals surface area contributed by atoms with Crippen LogP contribution in [0, 0.1) is 0 Å². The van der Waals surface area contributed by atoms with Crippen molar-refractivity contribution in [3.8, 4) is 0 Å². The molecule has 0 atom stereocenters. The summed E-state index contributed by atoms with van der Waals surface area (Å²) in [6.45, 7) is 3.33. The van der Waals surface area contributed by atoms with Gasteiger partial charge in [-0.2, -0.15) is 0 Å². The predicted molar refractivity (Wildman–Crippen MR) is 63.7 cm³/mol. The molecule has 1 aromatic heterocycles. The lowest BCUT2D eigenvalue weighted by molar-refractivity contribution is 0.0733. The number of halogens is 2. The van der Waals surface area contributed by atoms with Crippen LogP contribution in [0.5, 0.6) is 0 Å². The summed E-state index contributed by atoms with van der Waals surface area (Å²) in [5, 5.41) is 1.13. The summed E-state index contributed by atoms with van der Waals surface area (Å²) < 4.78 is 5.07. The topological polar surface area (TPSA) is 33.5 Å². The monoisotopic (exact) mass is 293 g/mol. The molecule has 0 aliphatic carbocycles. The molecule has 5 heteroatoms. The van der Waals surface area contributed by atoms with Gasteiger partial charge in [-0.25, -0.2) is 0 Å². The van der Waals surface area contributed by atoms with Gasteiger partial charge in [0.05, 0.1) is 0 Å². The highest BCUT2D eigenvalue weighted by molar-refractivity contribution is 9.09. The Morgan fingerprint density at radius 3 is 2.80 bits per heavy atom. The summed E-state index contributed by atoms with van der Waals surface area (Å²) in [6, 6.07) is 3.18. The van der Waals surface area contributed by atoms with Crippen molar-refractivity contribution in [1.29, 1.82) is 0 Å². The molecule has 0 saturated carbocycles. The number of amides is 1. The number of hydrogen-bond donors (Lipinski definition) is 0. The number of rotatable bonds is 5. The molecule has 0 aromatic carbocycles. The molecule has 15 heavy (non-hydrogen) atoms. The Labute approximate surface area is 103 Å². The van der Waals surface area contributed by atoms with Crippen molar-refractivity contribution in [2.24, 2.45) is 0 Å². The number of furan rings is 1. The number of hydrogen-bond acceptors (Lipinski definition) is 2. The van der Waals surface area contributed by atoms with Gasteiger partial charge in [0.25, 0.3) is 5.91 Å². The van der Waals surface area contributed by atoms with Gasteiger partial charge in [-0.15, -0.1) is 0 Å². The Morgan fingerprint density at radius 1 is 1.60 bits per heavy atom. The molecule has 84 valence electrons. The van der Waals surface area contributed by atoms with E-state index in [1.54, 1.807) is 17.0 Å². The number of alkyl halides is 1. The molecule has 0 radical (unpaired) electrons. The average Bonchev–Trinajstić information content (AvgIpc) is 2.65. The van der Waals surface area contributed by atoms with Gasteiger partial charge >= 0.3 is 0 Å². The lowest BCUT2D eigenvalue weighted by Gasteiger charge is -2.18. The molecule has 0 bridgehead atoms. The lowest BCUT2D eigenvalue weighted by Crippen LogP contribution is -2.31. The molecule has 1 rings (SSSR count). The van der Waals surface area contributed by atoms with E-state index in [1.807, 2.05) is 6.92 Å². The predicted octanol–water partition coefficient (Wildman–Crippen LogP) is 3.18. The minimum Gasteiger partial charge on any atom is -0.440 e. The molecule has 0 aliphatic heterocycles. The Bertz CT molecular complexity index is 327. The second-order valence-electron chi connectivity index (χ2n) is 3.03. The number of nitrogens with zero attached hydrogens (tertiary/aromatic N) is 1. The van der Waals surface area contributed by atoms with E-state index in [0.29, 0.717) is 12.3 Å². The first-order valence-electron chi connectivity index (χ1n) is 4.79. The molecular weight excluding hydrogens is 281 g/mol. The van der Waals surface area contributed by atoms with Gasteiger partial charge in [-0.05, 0) is 37.1 Å². The highest BCUT2D eigenvalue weighted by Crippen LogP contribution is 2.15. The zero-order valence-electron chi connectivity index (χ0n) is 8.50. The Kier molecular flexibility index (Phi) is 5.19. The maximum atomic E-state index is 11.9. The van der Waals surface area contributed by atoms with Crippen molar-refractivity contribution in [3.05, 3.63) is 23.1 Å². The van der Waals surface area contributed by atoms with E-state index >= 15 is 0 Å². The van der Waals surface area contributed by atoms with Gasteiger partial charge in [-0.1, -0.05) is 15.9 Å². The van der Waals surface area contributed by atoms with E-state index in [1.165, 1.54) is 0 Å². The van der Waals surface area contributed by atoms with Gasteiger partial charge in [-0.3, -0.25) is 4.79 Å². The van der Waals surface area contributed by atoms with Crippen molar-refractivity contribution in [2.45, 2.75) is 13.3 Å². The summed E-state index contributed by atoms with van der Waals surface area (Å²) in [5.41, 5.74) is 0. The fraction of sp³-hybridized carbons (Fsp3) is 0.500. The molecule has 0 saturated heterocycles. The summed E-state index contributed by atoms with van der Waals surface area (Å²) in [7, 11) is 0. The summed E-state index contributed by atoms with van der Waals surface area (Å²) in [5.74, 6) is 0.196. The first kappa shape index (κ1) is 12.6. The van der Waals surface area contributed by atoms with Gasteiger partial charge in [0.2, 0.25) is 0 Å². The van der Waals surface area contributed by atoms with Crippen LogP contribution < -0.4 is 0 Å². The molecule has 0 N–H and O–H groups in total. The van der Waals surface area contributed by atoms with Crippen LogP contribution in [0.1, 0.15) is 23.9 Å². The van der Waals surface area contributed by atoms with Crippen LogP contribution >= 0.6 is 27.5 Å². The fourth-order valence-electron chi connectivity index (χ4n) is 1.24. The second kappa shape index (κ2) is 6.18. The molecule has 1 aromatic rings. The molecular formula is C10H13BrClNO2. The Hall–Kier alpha value is -0.480. The van der Waals surface area contributed by atoms with Crippen molar-refractivity contribution in [3.63, 3.8) is 0 Å². The zero-order valence-corrected chi connectivity index (χ0v) is 10.8. The van der Waals surface area contributed by atoms with Crippen molar-refractivity contribution in [1.82, 2.24) is 4.90 Å². The van der Waals surface area contributed by atoms with E-state index in [4.69, 9.17) is 16.0 Å². The summed E-state index contributed by atoms with van der Waals surface area (Å²) >= 11 is 8.95. The first-order valence-corrected chi connectivity index (χ1v) is 6.29. The van der Waals surface area contributed by atoms with E-state index in [2.05, 4.69) is 15.9 Å². The van der Waals surface area contributed by atoms with E-state index in [0.717, 1.165) is 18.3 Å². The van der Waals surface area contributed by atoms with Crippen LogP contribution in [0.4, 0.5) is 0 Å². The largest absolute Gasteiger partial charge is 0.440 e. The zero-order chi connectivity index (χ0) is 11.3. The van der Waals surface area contributed by atoms with Crippen LogP contribution in [0.3, 0.4) is 0 Å². The highest BCUT2D eigenvalue weighted by Gasteiger charge is 2.16. The van der Waals surface area contributed by atoms with Gasteiger partial charge < -0.3 is 9.32 Å². The molecule has 0 fully saturated rings. The van der Waals surface area contributed by atoms with Crippen LogP contribution in [0.25, 0.3) is 0 Å². The van der Waals surface area contributed by atoms with Gasteiger partial charge in [0, 0.05) is 18.4 Å². The third kappa shape index (κ3) is 3.54. The van der Waals surface area contributed by atoms with Crippen LogP contribution in [-0.2, 0) is 0 Å². The molecule has 1 heterocycles. The van der Waals surface area contributed by atoms with E-state index < -0.39 is 0 Å². The van der Waals surface area contributed by atoms with E-state index in [9.17, 15) is 4.79 Å². The smallest absolute Gasteiger partial charge is 0.289 e. The first-order chi connectivity index (χ1) is 7.19. The molecule has 1 amide bonds. The minimum absolute atomic E-state index is 0.106. The number of carbonyl (C=O) groups excluding carboxylic acids is 1. The Morgan fingerprint density at radius 2 is 2.33 bits per heavy atom. The third-order valence-corrected chi connectivity index (χ3v) is 2.78. The van der Waals surface area contributed by atoms with Gasteiger partial charge in [0.15, 0.2) is 11.0 Å². The quantitative estimate of drug-likeness (QED) is 0.782. The fourth-order valence-corrected chi connectivity index (χ4v) is 1.64. The van der Waals surface area contributed by atoms with Crippen LogP contribution in [-0.4, -0.2) is 29.2 Å². The maximum Gasteiger partial charge on any atom is 0.289 e. The maximum absolute atomic E-state index is 11.9.